The Kier molecular flexibility index (Phi) is 4.71. The van der Waals surface area contributed by atoms with Gasteiger partial charge in [0, 0.05) is 6.54 Å². The van der Waals surface area contributed by atoms with E-state index in [0.29, 0.717) is 13.2 Å². The van der Waals surface area contributed by atoms with E-state index in [1.807, 2.05) is 13.8 Å². The standard InChI is InChI=1S/C16H27N3O2/c1-5-18(10-12(2)3)11-19-14(20)16(17-15(19)21)9-7-6-8-13(16)4/h13H,2,5-11H2,1,3-4H3,(H,17,21)/t13-,16-/m0/s1. The number of nitrogens with zero attached hydrogens (tertiary/aromatic N) is 2. The number of likely N-dealkylation sites (N-methyl/N-ethyl adjacent to an activating group) is 1. The molecule has 2 fully saturated rings. The number of hydrogen-bond donors (Lipinski definition) is 1. The Morgan fingerprint density at radius 1 is 1.48 bits per heavy atom. The molecule has 0 bridgehead atoms. The molecule has 0 aromatic carbocycles. The van der Waals surface area contributed by atoms with Crippen molar-refractivity contribution in [3.63, 3.8) is 0 Å². The van der Waals surface area contributed by atoms with Crippen LogP contribution >= 0.6 is 0 Å². The number of carbonyl (C=O) groups is 2. The van der Waals surface area contributed by atoms with Crippen LogP contribution in [0.15, 0.2) is 12.2 Å². The van der Waals surface area contributed by atoms with Crippen molar-refractivity contribution in [2.45, 2.75) is 52.0 Å². The van der Waals surface area contributed by atoms with Crippen molar-refractivity contribution < 1.29 is 9.59 Å². The Hall–Kier alpha value is -1.36. The van der Waals surface area contributed by atoms with Gasteiger partial charge in [-0.15, -0.1) is 0 Å². The molecule has 3 amide bonds. The van der Waals surface area contributed by atoms with Crippen LogP contribution < -0.4 is 5.32 Å². The normalized spacial score (nSPS) is 29.3. The second-order valence-electron chi connectivity index (χ2n) is 6.53. The van der Waals surface area contributed by atoms with Gasteiger partial charge in [-0.25, -0.2) is 9.69 Å². The van der Waals surface area contributed by atoms with Crippen molar-refractivity contribution >= 4 is 11.9 Å². The number of nitrogens with one attached hydrogen (secondary N) is 1. The number of amides is 3. The summed E-state index contributed by atoms with van der Waals surface area (Å²) in [6, 6.07) is -0.242. The first kappa shape index (κ1) is 16.0. The Labute approximate surface area is 127 Å². The molecule has 2 aliphatic rings. The SMILES string of the molecule is C=C(C)CN(CC)CN1C(=O)N[C@]2(CCCC[C@@H]2C)C1=O. The summed E-state index contributed by atoms with van der Waals surface area (Å²) in [6.45, 7) is 11.8. The summed E-state index contributed by atoms with van der Waals surface area (Å²) >= 11 is 0. The minimum absolute atomic E-state index is 0.0418. The van der Waals surface area contributed by atoms with Crippen LogP contribution in [0, 0.1) is 5.92 Å². The third kappa shape index (κ3) is 2.98. The van der Waals surface area contributed by atoms with Gasteiger partial charge in [-0.3, -0.25) is 9.69 Å². The highest BCUT2D eigenvalue weighted by atomic mass is 16.2. The molecule has 5 heteroatoms. The molecule has 1 saturated heterocycles. The zero-order valence-corrected chi connectivity index (χ0v) is 13.4. The van der Waals surface area contributed by atoms with Crippen LogP contribution in [0.2, 0.25) is 0 Å². The lowest BCUT2D eigenvalue weighted by Gasteiger charge is -2.37. The fourth-order valence-corrected chi connectivity index (χ4v) is 3.47. The third-order valence-corrected chi connectivity index (χ3v) is 4.78. The van der Waals surface area contributed by atoms with Gasteiger partial charge in [-0.1, -0.05) is 38.8 Å². The van der Waals surface area contributed by atoms with Crippen molar-refractivity contribution in [3.05, 3.63) is 12.2 Å². The van der Waals surface area contributed by atoms with Crippen molar-refractivity contribution in [3.8, 4) is 0 Å². The van der Waals surface area contributed by atoms with E-state index in [4.69, 9.17) is 0 Å². The van der Waals surface area contributed by atoms with E-state index in [-0.39, 0.29) is 17.9 Å². The van der Waals surface area contributed by atoms with Crippen LogP contribution in [-0.4, -0.2) is 47.0 Å². The predicted octanol–water partition coefficient (Wildman–Crippen LogP) is 2.34. The van der Waals surface area contributed by atoms with E-state index in [1.165, 1.54) is 4.90 Å². The van der Waals surface area contributed by atoms with E-state index in [9.17, 15) is 9.59 Å². The van der Waals surface area contributed by atoms with Crippen LogP contribution in [0.4, 0.5) is 4.79 Å². The molecular formula is C16H27N3O2. The van der Waals surface area contributed by atoms with E-state index < -0.39 is 5.54 Å². The first-order valence-corrected chi connectivity index (χ1v) is 7.91. The molecule has 1 N–H and O–H groups in total. The Balaban J connectivity index is 2.12. The van der Waals surface area contributed by atoms with E-state index in [1.54, 1.807) is 0 Å². The average Bonchev–Trinajstić information content (AvgIpc) is 2.66. The molecule has 2 rings (SSSR count). The maximum Gasteiger partial charge on any atom is 0.326 e. The summed E-state index contributed by atoms with van der Waals surface area (Å²) in [5, 5.41) is 2.99. The maximum absolute atomic E-state index is 12.8. The fourth-order valence-electron chi connectivity index (χ4n) is 3.47. The van der Waals surface area contributed by atoms with Crippen molar-refractivity contribution in [2.24, 2.45) is 5.92 Å². The van der Waals surface area contributed by atoms with Crippen molar-refractivity contribution in [1.29, 1.82) is 0 Å². The molecule has 1 saturated carbocycles. The maximum atomic E-state index is 12.8. The summed E-state index contributed by atoms with van der Waals surface area (Å²) in [6.07, 6.45) is 3.92. The predicted molar refractivity (Wildman–Crippen MR) is 82.7 cm³/mol. The average molecular weight is 293 g/mol. The lowest BCUT2D eigenvalue weighted by atomic mass is 9.73. The molecule has 5 nitrogen and oxygen atoms in total. The summed E-state index contributed by atoms with van der Waals surface area (Å²) < 4.78 is 0. The first-order chi connectivity index (χ1) is 9.90. The van der Waals surface area contributed by atoms with Gasteiger partial charge in [0.15, 0.2) is 0 Å². The molecule has 1 heterocycles. The molecule has 0 unspecified atom stereocenters. The van der Waals surface area contributed by atoms with Gasteiger partial charge in [0.05, 0.1) is 6.67 Å². The topological polar surface area (TPSA) is 52.6 Å². The largest absolute Gasteiger partial charge is 0.326 e. The van der Waals surface area contributed by atoms with Crippen LogP contribution in [0.3, 0.4) is 0 Å². The van der Waals surface area contributed by atoms with Gasteiger partial charge >= 0.3 is 6.03 Å². The molecule has 1 spiro atoms. The van der Waals surface area contributed by atoms with Gasteiger partial charge in [-0.2, -0.15) is 0 Å². The van der Waals surface area contributed by atoms with Crippen LogP contribution in [0.25, 0.3) is 0 Å². The van der Waals surface area contributed by atoms with Crippen LogP contribution in [0.1, 0.15) is 46.5 Å². The molecular weight excluding hydrogens is 266 g/mol. The highest BCUT2D eigenvalue weighted by Gasteiger charge is 2.54. The fraction of sp³-hybridized carbons (Fsp3) is 0.750. The Morgan fingerprint density at radius 3 is 2.76 bits per heavy atom. The number of hydrogen-bond acceptors (Lipinski definition) is 3. The van der Waals surface area contributed by atoms with Crippen LogP contribution in [-0.2, 0) is 4.79 Å². The Morgan fingerprint density at radius 2 is 2.19 bits per heavy atom. The monoisotopic (exact) mass is 293 g/mol. The van der Waals surface area contributed by atoms with Gasteiger partial charge in [0.2, 0.25) is 0 Å². The zero-order chi connectivity index (χ0) is 15.6. The van der Waals surface area contributed by atoms with Gasteiger partial charge in [-0.05, 0) is 32.2 Å². The summed E-state index contributed by atoms with van der Waals surface area (Å²) in [5.41, 5.74) is 0.377. The summed E-state index contributed by atoms with van der Waals surface area (Å²) in [4.78, 5) is 28.6. The molecule has 118 valence electrons. The molecule has 1 aliphatic carbocycles. The summed E-state index contributed by atoms with van der Waals surface area (Å²) in [7, 11) is 0. The van der Waals surface area contributed by atoms with Gasteiger partial charge in [0.25, 0.3) is 5.91 Å². The highest BCUT2D eigenvalue weighted by molar-refractivity contribution is 6.07. The first-order valence-electron chi connectivity index (χ1n) is 7.91. The van der Waals surface area contributed by atoms with E-state index in [0.717, 1.165) is 37.8 Å². The van der Waals surface area contributed by atoms with Crippen LogP contribution in [0.5, 0.6) is 0 Å². The quantitative estimate of drug-likeness (QED) is 0.625. The minimum Gasteiger partial charge on any atom is -0.323 e. The molecule has 1 aliphatic heterocycles. The second kappa shape index (κ2) is 6.18. The Bertz CT molecular complexity index is 449. The van der Waals surface area contributed by atoms with E-state index in [2.05, 4.69) is 23.7 Å². The van der Waals surface area contributed by atoms with E-state index >= 15 is 0 Å². The minimum atomic E-state index is -0.655. The molecule has 21 heavy (non-hydrogen) atoms. The van der Waals surface area contributed by atoms with Gasteiger partial charge < -0.3 is 5.32 Å². The molecule has 2 atom stereocenters. The summed E-state index contributed by atoms with van der Waals surface area (Å²) in [5.74, 6) is 0.170. The second-order valence-corrected chi connectivity index (χ2v) is 6.53. The number of carbonyl (C=O) groups excluding carboxylic acids is 2. The molecule has 0 aromatic heterocycles. The lowest BCUT2D eigenvalue weighted by molar-refractivity contribution is -0.135. The number of imide groups is 1. The third-order valence-electron chi connectivity index (χ3n) is 4.78. The van der Waals surface area contributed by atoms with Crippen molar-refractivity contribution in [1.82, 2.24) is 15.1 Å². The van der Waals surface area contributed by atoms with Crippen molar-refractivity contribution in [2.75, 3.05) is 19.8 Å². The number of urea groups is 1. The smallest absolute Gasteiger partial charge is 0.323 e. The highest BCUT2D eigenvalue weighted by Crippen LogP contribution is 2.38. The lowest BCUT2D eigenvalue weighted by Crippen LogP contribution is -2.54. The van der Waals surface area contributed by atoms with Gasteiger partial charge in [0.1, 0.15) is 5.54 Å². The zero-order valence-electron chi connectivity index (χ0n) is 13.4. The number of rotatable bonds is 5. The molecule has 0 aromatic rings. The molecule has 0 radical (unpaired) electrons.